The lowest BCUT2D eigenvalue weighted by Gasteiger charge is -2.31. The molecule has 0 amide bonds. The van der Waals surface area contributed by atoms with Crippen LogP contribution in [0.2, 0.25) is 0 Å². The molecule has 0 saturated carbocycles. The zero-order chi connectivity index (χ0) is 30.1. The van der Waals surface area contributed by atoms with Crippen molar-refractivity contribution in [2.75, 3.05) is 4.90 Å². The minimum Gasteiger partial charge on any atom is -0.456 e. The van der Waals surface area contributed by atoms with Gasteiger partial charge >= 0.3 is 0 Å². The van der Waals surface area contributed by atoms with Crippen LogP contribution in [-0.4, -0.2) is 0 Å². The predicted molar refractivity (Wildman–Crippen MR) is 189 cm³/mol. The molecular formula is C43H33NO. The van der Waals surface area contributed by atoms with Gasteiger partial charge in [-0.25, -0.2) is 0 Å². The molecular weight excluding hydrogens is 546 g/mol. The monoisotopic (exact) mass is 579 g/mol. The molecule has 2 heteroatoms. The Labute approximate surface area is 263 Å². The van der Waals surface area contributed by atoms with E-state index >= 15 is 0 Å². The van der Waals surface area contributed by atoms with Crippen molar-refractivity contribution in [3.63, 3.8) is 0 Å². The number of furan rings is 1. The maximum Gasteiger partial charge on any atom is 0.136 e. The number of fused-ring (bicyclic) bond motifs is 8. The van der Waals surface area contributed by atoms with Gasteiger partial charge in [0.15, 0.2) is 0 Å². The van der Waals surface area contributed by atoms with Crippen molar-refractivity contribution in [3.8, 4) is 11.1 Å². The van der Waals surface area contributed by atoms with Crippen molar-refractivity contribution < 1.29 is 4.42 Å². The van der Waals surface area contributed by atoms with E-state index in [0.717, 1.165) is 24.0 Å². The summed E-state index contributed by atoms with van der Waals surface area (Å²) in [5.41, 5.74) is 13.7. The number of allylic oxidation sites excluding steroid dienone is 4. The summed E-state index contributed by atoms with van der Waals surface area (Å²) in [7, 11) is 0. The third-order valence-electron chi connectivity index (χ3n) is 9.98. The SMILES string of the molecule is CC1(C)c2ccccc2-c2cc(N(C3=CC=C(c4ccc5ccc6oc7ccccc7c6c5c4)CC3)c3ccccc3)ccc21. The molecule has 0 fully saturated rings. The van der Waals surface area contributed by atoms with E-state index in [1.54, 1.807) is 0 Å². The zero-order valence-corrected chi connectivity index (χ0v) is 25.5. The number of hydrogen-bond donors (Lipinski definition) is 0. The molecule has 0 N–H and O–H groups in total. The van der Waals surface area contributed by atoms with Crippen molar-refractivity contribution >= 4 is 49.7 Å². The number of para-hydroxylation sites is 2. The summed E-state index contributed by atoms with van der Waals surface area (Å²) in [5.74, 6) is 0. The third kappa shape index (κ3) is 4.02. The van der Waals surface area contributed by atoms with Crippen LogP contribution in [0.5, 0.6) is 0 Å². The van der Waals surface area contributed by atoms with Crippen molar-refractivity contribution in [1.82, 2.24) is 0 Å². The van der Waals surface area contributed by atoms with E-state index in [1.807, 2.05) is 6.07 Å². The Morgan fingerprint density at radius 1 is 0.578 bits per heavy atom. The first-order valence-electron chi connectivity index (χ1n) is 15.9. The number of rotatable bonds is 4. The van der Waals surface area contributed by atoms with Gasteiger partial charge < -0.3 is 9.32 Å². The molecule has 0 atom stereocenters. The van der Waals surface area contributed by atoms with Crippen LogP contribution in [-0.2, 0) is 5.41 Å². The van der Waals surface area contributed by atoms with Crippen molar-refractivity contribution in [2.24, 2.45) is 0 Å². The number of hydrogen-bond acceptors (Lipinski definition) is 2. The molecule has 0 bridgehead atoms. The molecule has 7 aromatic rings. The summed E-state index contributed by atoms with van der Waals surface area (Å²) in [4.78, 5) is 2.45. The van der Waals surface area contributed by atoms with E-state index in [0.29, 0.717) is 0 Å². The molecule has 45 heavy (non-hydrogen) atoms. The van der Waals surface area contributed by atoms with Crippen LogP contribution in [0.15, 0.2) is 150 Å². The van der Waals surface area contributed by atoms with Gasteiger partial charge in [-0.05, 0) is 106 Å². The van der Waals surface area contributed by atoms with Gasteiger partial charge in [0.2, 0.25) is 0 Å². The minimum absolute atomic E-state index is 0.00203. The van der Waals surface area contributed by atoms with Crippen LogP contribution < -0.4 is 4.90 Å². The molecule has 0 spiro atoms. The summed E-state index contributed by atoms with van der Waals surface area (Å²) in [6.07, 6.45) is 6.59. The number of nitrogens with zero attached hydrogens (tertiary/aromatic N) is 1. The van der Waals surface area contributed by atoms with E-state index in [-0.39, 0.29) is 5.41 Å². The Bertz CT molecular complexity index is 2350. The highest BCUT2D eigenvalue weighted by Gasteiger charge is 2.35. The highest BCUT2D eigenvalue weighted by atomic mass is 16.3. The van der Waals surface area contributed by atoms with Gasteiger partial charge in [-0.1, -0.05) is 105 Å². The van der Waals surface area contributed by atoms with E-state index < -0.39 is 0 Å². The molecule has 1 aromatic heterocycles. The fourth-order valence-electron chi connectivity index (χ4n) is 7.70. The Balaban J connectivity index is 1.14. The first-order valence-corrected chi connectivity index (χ1v) is 15.9. The van der Waals surface area contributed by atoms with E-state index in [4.69, 9.17) is 4.42 Å². The predicted octanol–water partition coefficient (Wildman–Crippen LogP) is 11.9. The highest BCUT2D eigenvalue weighted by Crippen LogP contribution is 2.50. The largest absolute Gasteiger partial charge is 0.456 e. The van der Waals surface area contributed by atoms with Crippen LogP contribution in [0.1, 0.15) is 43.4 Å². The highest BCUT2D eigenvalue weighted by molar-refractivity contribution is 6.19. The maximum absolute atomic E-state index is 6.20. The molecule has 0 saturated heterocycles. The average Bonchev–Trinajstić information content (AvgIpc) is 3.58. The Hall–Kier alpha value is -5.34. The Kier molecular flexibility index (Phi) is 5.70. The van der Waals surface area contributed by atoms with Crippen LogP contribution in [0, 0.1) is 0 Å². The van der Waals surface area contributed by atoms with Crippen LogP contribution in [0.3, 0.4) is 0 Å². The molecule has 216 valence electrons. The van der Waals surface area contributed by atoms with Gasteiger partial charge in [0.05, 0.1) is 0 Å². The second-order valence-electron chi connectivity index (χ2n) is 12.9. The van der Waals surface area contributed by atoms with E-state index in [1.165, 1.54) is 72.0 Å². The van der Waals surface area contributed by atoms with Gasteiger partial charge in [0.1, 0.15) is 11.2 Å². The average molecular weight is 580 g/mol. The fraction of sp³-hybridized carbons (Fsp3) is 0.116. The lowest BCUT2D eigenvalue weighted by Crippen LogP contribution is -2.18. The molecule has 0 aliphatic heterocycles. The quantitative estimate of drug-likeness (QED) is 0.206. The van der Waals surface area contributed by atoms with Gasteiger partial charge in [-0.2, -0.15) is 0 Å². The van der Waals surface area contributed by atoms with Crippen LogP contribution in [0.4, 0.5) is 11.4 Å². The second kappa shape index (κ2) is 9.84. The smallest absolute Gasteiger partial charge is 0.136 e. The molecule has 2 aliphatic rings. The van der Waals surface area contributed by atoms with Crippen molar-refractivity contribution in [1.29, 1.82) is 0 Å². The van der Waals surface area contributed by atoms with E-state index in [9.17, 15) is 0 Å². The van der Waals surface area contributed by atoms with Crippen LogP contribution in [0.25, 0.3) is 49.4 Å². The molecule has 2 aliphatic carbocycles. The fourth-order valence-corrected chi connectivity index (χ4v) is 7.70. The summed E-state index contributed by atoms with van der Waals surface area (Å²) in [6.45, 7) is 4.68. The van der Waals surface area contributed by atoms with Crippen LogP contribution >= 0.6 is 0 Å². The first kappa shape index (κ1) is 26.1. The van der Waals surface area contributed by atoms with Gasteiger partial charge in [0, 0.05) is 33.3 Å². The number of benzene rings is 6. The summed E-state index contributed by atoms with van der Waals surface area (Å²) < 4.78 is 6.20. The summed E-state index contributed by atoms with van der Waals surface area (Å²) >= 11 is 0. The molecule has 0 radical (unpaired) electrons. The molecule has 0 unspecified atom stereocenters. The maximum atomic E-state index is 6.20. The standard InChI is InChI=1S/C43H33NO/c1-43(2)38-14-8-6-12-34(38)37-27-33(23-24-39(37)43)44(31-10-4-3-5-11-31)32-21-18-28(19-22-32)30-17-16-29-20-25-41-42(36(29)26-30)35-13-7-9-15-40(35)45-41/h3-18,20-21,23-27H,19,22H2,1-2H3. The third-order valence-corrected chi connectivity index (χ3v) is 9.98. The molecule has 2 nitrogen and oxygen atoms in total. The molecule has 9 rings (SSSR count). The van der Waals surface area contributed by atoms with Crippen molar-refractivity contribution in [3.05, 3.63) is 162 Å². The van der Waals surface area contributed by atoms with E-state index in [2.05, 4.69) is 152 Å². The van der Waals surface area contributed by atoms with Gasteiger partial charge in [0.25, 0.3) is 0 Å². The topological polar surface area (TPSA) is 16.4 Å². The zero-order valence-electron chi connectivity index (χ0n) is 25.5. The second-order valence-corrected chi connectivity index (χ2v) is 12.9. The first-order chi connectivity index (χ1) is 22.1. The Morgan fingerprint density at radius 2 is 1.36 bits per heavy atom. The molecule has 6 aromatic carbocycles. The van der Waals surface area contributed by atoms with Gasteiger partial charge in [-0.3, -0.25) is 0 Å². The lowest BCUT2D eigenvalue weighted by atomic mass is 9.82. The van der Waals surface area contributed by atoms with Gasteiger partial charge in [-0.15, -0.1) is 0 Å². The van der Waals surface area contributed by atoms with Crippen molar-refractivity contribution in [2.45, 2.75) is 32.1 Å². The molecule has 1 heterocycles. The number of anilines is 2. The normalized spacial score (nSPS) is 15.2. The minimum atomic E-state index is -0.00203. The Morgan fingerprint density at radius 3 is 2.22 bits per heavy atom. The summed E-state index contributed by atoms with van der Waals surface area (Å²) in [6, 6.07) is 46.3. The summed E-state index contributed by atoms with van der Waals surface area (Å²) in [5, 5.41) is 4.86. The lowest BCUT2D eigenvalue weighted by molar-refractivity contribution is 0.660.